The number of nitrogens with one attached hydrogen (secondary N) is 2. The van der Waals surface area contributed by atoms with Crippen LogP contribution in [0.4, 0.5) is 0 Å². The molecule has 0 fully saturated rings. The Morgan fingerprint density at radius 3 is 2.38 bits per heavy atom. The number of aromatic nitrogens is 2. The zero-order valence-electron chi connectivity index (χ0n) is 16.2. The van der Waals surface area contributed by atoms with Crippen LogP contribution in [0.5, 0.6) is 11.5 Å². The van der Waals surface area contributed by atoms with E-state index in [1.165, 1.54) is 0 Å². The topological polar surface area (TPSA) is 93.8 Å². The van der Waals surface area contributed by atoms with E-state index in [-0.39, 0.29) is 5.41 Å². The largest absolute Gasteiger partial charge is 0.493 e. The summed E-state index contributed by atoms with van der Waals surface area (Å²) in [7, 11) is 4.94. The number of hydrogen-bond donors (Lipinski definition) is 2. The molecule has 1 aromatic carbocycles. The molecule has 2 aromatic rings. The number of hydrogen-bond acceptors (Lipinski definition) is 6. The molecule has 0 aliphatic carbocycles. The minimum Gasteiger partial charge on any atom is -0.493 e. The van der Waals surface area contributed by atoms with Crippen molar-refractivity contribution in [2.75, 3.05) is 21.3 Å². The van der Waals surface area contributed by atoms with Crippen LogP contribution < -0.4 is 20.1 Å². The highest BCUT2D eigenvalue weighted by molar-refractivity contribution is 5.79. The molecule has 2 rings (SSSR count). The lowest BCUT2D eigenvalue weighted by atomic mass is 9.97. The SMILES string of the molecule is CN=C(NCc1ccc(OC)c(OC)c1)NCc1noc(C(C)(C)C)n1. The van der Waals surface area contributed by atoms with Gasteiger partial charge in [0.1, 0.15) is 0 Å². The summed E-state index contributed by atoms with van der Waals surface area (Å²) in [6.45, 7) is 7.09. The highest BCUT2D eigenvalue weighted by Gasteiger charge is 2.21. The van der Waals surface area contributed by atoms with Gasteiger partial charge in [0.25, 0.3) is 0 Å². The van der Waals surface area contributed by atoms with Crippen LogP contribution in [0, 0.1) is 0 Å². The molecule has 2 N–H and O–H groups in total. The van der Waals surface area contributed by atoms with Crippen LogP contribution >= 0.6 is 0 Å². The number of methoxy groups -OCH3 is 2. The van der Waals surface area contributed by atoms with Gasteiger partial charge in [-0.3, -0.25) is 4.99 Å². The van der Waals surface area contributed by atoms with Gasteiger partial charge in [-0.15, -0.1) is 0 Å². The summed E-state index contributed by atoms with van der Waals surface area (Å²) in [5, 5.41) is 10.4. The van der Waals surface area contributed by atoms with Gasteiger partial charge in [-0.25, -0.2) is 0 Å². The third-order valence-corrected chi connectivity index (χ3v) is 3.66. The normalized spacial score (nSPS) is 12.0. The monoisotopic (exact) mass is 361 g/mol. The lowest BCUT2D eigenvalue weighted by molar-refractivity contribution is 0.318. The van der Waals surface area contributed by atoms with Gasteiger partial charge in [0.15, 0.2) is 23.3 Å². The molecule has 0 aliphatic rings. The smallest absolute Gasteiger partial charge is 0.232 e. The standard InChI is InChI=1S/C18H27N5O3/c1-18(2,3)16-22-15(23-26-16)11-21-17(19-4)20-10-12-7-8-13(24-5)14(9-12)25-6/h7-9H,10-11H2,1-6H3,(H2,19,20,21). The zero-order chi connectivity index (χ0) is 19.2. The second-order valence-electron chi connectivity index (χ2n) is 6.73. The first-order chi connectivity index (χ1) is 12.4. The van der Waals surface area contributed by atoms with Gasteiger partial charge in [-0.05, 0) is 17.7 Å². The van der Waals surface area contributed by atoms with Gasteiger partial charge in [-0.1, -0.05) is 32.0 Å². The molecule has 8 heteroatoms. The third-order valence-electron chi connectivity index (χ3n) is 3.66. The molecular formula is C18H27N5O3. The maximum Gasteiger partial charge on any atom is 0.232 e. The molecule has 0 saturated heterocycles. The first-order valence-corrected chi connectivity index (χ1v) is 8.36. The van der Waals surface area contributed by atoms with E-state index < -0.39 is 0 Å². The molecule has 1 aromatic heterocycles. The maximum absolute atomic E-state index is 5.32. The lowest BCUT2D eigenvalue weighted by Crippen LogP contribution is -2.36. The highest BCUT2D eigenvalue weighted by atomic mass is 16.5. The number of benzene rings is 1. The van der Waals surface area contributed by atoms with Crippen LogP contribution in [0.25, 0.3) is 0 Å². The Morgan fingerprint density at radius 2 is 1.81 bits per heavy atom. The fourth-order valence-electron chi connectivity index (χ4n) is 2.19. The second kappa shape index (κ2) is 8.55. The van der Waals surface area contributed by atoms with E-state index in [9.17, 15) is 0 Å². The van der Waals surface area contributed by atoms with E-state index in [0.29, 0.717) is 42.3 Å². The minimum absolute atomic E-state index is 0.168. The first kappa shape index (κ1) is 19.6. The van der Waals surface area contributed by atoms with Gasteiger partial charge >= 0.3 is 0 Å². The van der Waals surface area contributed by atoms with Crippen molar-refractivity contribution in [3.05, 3.63) is 35.5 Å². The molecule has 1 heterocycles. The average molecular weight is 361 g/mol. The molecule has 0 aliphatic heterocycles. The molecule has 0 atom stereocenters. The third kappa shape index (κ3) is 5.11. The molecule has 142 valence electrons. The van der Waals surface area contributed by atoms with Gasteiger partial charge in [0.05, 0.1) is 20.8 Å². The fourth-order valence-corrected chi connectivity index (χ4v) is 2.19. The highest BCUT2D eigenvalue weighted by Crippen LogP contribution is 2.27. The number of ether oxygens (including phenoxy) is 2. The van der Waals surface area contributed by atoms with Crippen LogP contribution in [0.15, 0.2) is 27.7 Å². The summed E-state index contributed by atoms with van der Waals surface area (Å²) in [6.07, 6.45) is 0. The van der Waals surface area contributed by atoms with Crippen molar-refractivity contribution < 1.29 is 14.0 Å². The van der Waals surface area contributed by atoms with E-state index in [1.807, 2.05) is 39.0 Å². The van der Waals surface area contributed by atoms with Crippen LogP contribution in [-0.4, -0.2) is 37.4 Å². The molecular weight excluding hydrogens is 334 g/mol. The van der Waals surface area contributed by atoms with Crippen molar-refractivity contribution in [1.29, 1.82) is 0 Å². The van der Waals surface area contributed by atoms with E-state index >= 15 is 0 Å². The van der Waals surface area contributed by atoms with Crippen molar-refractivity contribution in [2.45, 2.75) is 39.3 Å². The quantitative estimate of drug-likeness (QED) is 0.602. The van der Waals surface area contributed by atoms with Gasteiger partial charge in [0.2, 0.25) is 5.89 Å². The van der Waals surface area contributed by atoms with Crippen molar-refractivity contribution in [3.8, 4) is 11.5 Å². The van der Waals surface area contributed by atoms with Crippen LogP contribution in [0.1, 0.15) is 38.0 Å². The lowest BCUT2D eigenvalue weighted by Gasteiger charge is -2.13. The summed E-state index contributed by atoms with van der Waals surface area (Å²) >= 11 is 0. The number of nitrogens with zero attached hydrogens (tertiary/aromatic N) is 3. The summed E-state index contributed by atoms with van der Waals surface area (Å²) in [5.74, 6) is 3.23. The Labute approximate surface area is 154 Å². The predicted octanol–water partition coefficient (Wildman–Crippen LogP) is 2.25. The van der Waals surface area contributed by atoms with E-state index in [1.54, 1.807) is 21.3 Å². The molecule has 0 bridgehead atoms. The van der Waals surface area contributed by atoms with E-state index in [4.69, 9.17) is 14.0 Å². The Hall–Kier alpha value is -2.77. The first-order valence-electron chi connectivity index (χ1n) is 8.36. The fraction of sp³-hybridized carbons (Fsp3) is 0.500. The molecule has 8 nitrogen and oxygen atoms in total. The van der Waals surface area contributed by atoms with Crippen molar-refractivity contribution in [3.63, 3.8) is 0 Å². The Kier molecular flexibility index (Phi) is 6.43. The molecule has 26 heavy (non-hydrogen) atoms. The summed E-state index contributed by atoms with van der Waals surface area (Å²) in [4.78, 5) is 8.60. The van der Waals surface area contributed by atoms with Gasteiger partial charge in [-0.2, -0.15) is 4.98 Å². The molecule has 0 unspecified atom stereocenters. The van der Waals surface area contributed by atoms with Crippen molar-refractivity contribution in [1.82, 2.24) is 20.8 Å². The maximum atomic E-state index is 5.32. The molecule has 0 spiro atoms. The number of aliphatic imine (C=N–C) groups is 1. The minimum atomic E-state index is -0.168. The van der Waals surface area contributed by atoms with Crippen LogP contribution in [-0.2, 0) is 18.5 Å². The molecule has 0 radical (unpaired) electrons. The van der Waals surface area contributed by atoms with Gasteiger partial charge in [0, 0.05) is 19.0 Å². The van der Waals surface area contributed by atoms with Crippen molar-refractivity contribution >= 4 is 5.96 Å². The van der Waals surface area contributed by atoms with Gasteiger partial charge < -0.3 is 24.6 Å². The zero-order valence-corrected chi connectivity index (χ0v) is 16.2. The Morgan fingerprint density at radius 1 is 1.12 bits per heavy atom. The summed E-state index contributed by atoms with van der Waals surface area (Å²) in [6, 6.07) is 5.77. The molecule has 0 saturated carbocycles. The Balaban J connectivity index is 1.91. The summed E-state index contributed by atoms with van der Waals surface area (Å²) < 4.78 is 15.9. The number of rotatable bonds is 6. The van der Waals surface area contributed by atoms with E-state index in [2.05, 4.69) is 25.8 Å². The predicted molar refractivity (Wildman–Crippen MR) is 99.6 cm³/mol. The average Bonchev–Trinajstić information content (AvgIpc) is 3.11. The number of guanidine groups is 1. The van der Waals surface area contributed by atoms with Crippen molar-refractivity contribution in [2.24, 2.45) is 4.99 Å². The van der Waals surface area contributed by atoms with E-state index in [0.717, 1.165) is 5.56 Å². The Bertz CT molecular complexity index is 750. The summed E-state index contributed by atoms with van der Waals surface area (Å²) in [5.41, 5.74) is 0.874. The van der Waals surface area contributed by atoms with Crippen LogP contribution in [0.2, 0.25) is 0 Å². The van der Waals surface area contributed by atoms with Crippen LogP contribution in [0.3, 0.4) is 0 Å². The molecule has 0 amide bonds. The second-order valence-corrected chi connectivity index (χ2v) is 6.73.